The quantitative estimate of drug-likeness (QED) is 0.558. The van der Waals surface area contributed by atoms with E-state index in [1.165, 1.54) is 0 Å². The van der Waals surface area contributed by atoms with Crippen LogP contribution >= 0.6 is 0 Å². The number of hydrogen-bond acceptors (Lipinski definition) is 2. The first kappa shape index (κ1) is 8.43. The lowest BCUT2D eigenvalue weighted by atomic mass is 10.3. The van der Waals surface area contributed by atoms with Crippen molar-refractivity contribution < 1.29 is 4.79 Å². The Morgan fingerprint density at radius 2 is 2.33 bits per heavy atom. The van der Waals surface area contributed by atoms with Crippen LogP contribution in [0.4, 0.5) is 0 Å². The molecule has 3 heteroatoms. The van der Waals surface area contributed by atoms with E-state index in [4.69, 9.17) is 5.73 Å². The first-order valence-electron chi connectivity index (χ1n) is 3.21. The van der Waals surface area contributed by atoms with Gasteiger partial charge in [-0.2, -0.15) is 0 Å². The molecule has 3 nitrogen and oxygen atoms in total. The molecule has 0 spiro atoms. The number of rotatable bonds is 3. The first-order valence-corrected chi connectivity index (χ1v) is 3.21. The molecule has 0 bridgehead atoms. The highest BCUT2D eigenvalue weighted by Crippen LogP contribution is 1.75. The Balaban J connectivity index is 3.28. The predicted molar refractivity (Wildman–Crippen MR) is 37.0 cm³/mol. The second kappa shape index (κ2) is 4.32. The Morgan fingerprint density at radius 3 is 2.67 bits per heavy atom. The van der Waals surface area contributed by atoms with Crippen LogP contribution in [0.15, 0.2) is 0 Å². The zero-order valence-electron chi connectivity index (χ0n) is 5.98. The number of nitrogens with one attached hydrogen (secondary N) is 1. The van der Waals surface area contributed by atoms with Gasteiger partial charge in [0.05, 0.1) is 6.04 Å². The predicted octanol–water partition coefficient (Wildman–Crippen LogP) is -0.140. The van der Waals surface area contributed by atoms with Crippen LogP contribution in [0.25, 0.3) is 0 Å². The summed E-state index contributed by atoms with van der Waals surface area (Å²) in [7, 11) is 0. The maximum Gasteiger partial charge on any atom is 0.236 e. The van der Waals surface area contributed by atoms with E-state index in [0.29, 0.717) is 0 Å². The molecule has 0 fully saturated rings. The fourth-order valence-electron chi connectivity index (χ4n) is 0.409. The summed E-state index contributed by atoms with van der Waals surface area (Å²) in [6.07, 6.45) is 0.957. The van der Waals surface area contributed by atoms with Crippen LogP contribution in [0.3, 0.4) is 0 Å². The van der Waals surface area contributed by atoms with Crippen molar-refractivity contribution in [3.63, 3.8) is 0 Å². The molecule has 54 valence electrons. The fourth-order valence-corrected chi connectivity index (χ4v) is 0.409. The van der Waals surface area contributed by atoms with Crippen molar-refractivity contribution in [2.24, 2.45) is 5.73 Å². The van der Waals surface area contributed by atoms with Gasteiger partial charge in [-0.05, 0) is 13.3 Å². The van der Waals surface area contributed by atoms with Gasteiger partial charge in [0.25, 0.3) is 0 Å². The molecule has 0 saturated heterocycles. The van der Waals surface area contributed by atoms with E-state index in [-0.39, 0.29) is 11.9 Å². The minimum Gasteiger partial charge on any atom is -0.355 e. The van der Waals surface area contributed by atoms with Gasteiger partial charge in [0, 0.05) is 6.54 Å². The molecule has 0 unspecified atom stereocenters. The van der Waals surface area contributed by atoms with Crippen LogP contribution in [0, 0.1) is 0 Å². The van der Waals surface area contributed by atoms with Crippen LogP contribution in [0.2, 0.25) is 0 Å². The van der Waals surface area contributed by atoms with E-state index in [2.05, 4.69) is 5.32 Å². The van der Waals surface area contributed by atoms with Crippen molar-refractivity contribution in [1.29, 1.82) is 0 Å². The molecule has 0 radical (unpaired) electrons. The lowest BCUT2D eigenvalue weighted by Crippen LogP contribution is -2.38. The molecule has 1 amide bonds. The highest BCUT2D eigenvalue weighted by molar-refractivity contribution is 5.80. The highest BCUT2D eigenvalue weighted by Gasteiger charge is 2.03. The van der Waals surface area contributed by atoms with Gasteiger partial charge >= 0.3 is 0 Å². The number of amides is 1. The lowest BCUT2D eigenvalue weighted by Gasteiger charge is -2.04. The molecular weight excluding hydrogens is 116 g/mol. The minimum atomic E-state index is -0.378. The van der Waals surface area contributed by atoms with Gasteiger partial charge in [-0.15, -0.1) is 0 Å². The standard InChI is InChI=1S/C6H14N2O/c1-3-4-8-6(9)5(2)7/h5H,3-4,7H2,1-2H3,(H,8,9)/t5-/m0/s1. The van der Waals surface area contributed by atoms with Gasteiger partial charge in [0.2, 0.25) is 5.91 Å². The molecule has 0 rings (SSSR count). The van der Waals surface area contributed by atoms with Gasteiger partial charge in [0.1, 0.15) is 0 Å². The van der Waals surface area contributed by atoms with Crippen molar-refractivity contribution >= 4 is 5.91 Å². The zero-order valence-corrected chi connectivity index (χ0v) is 5.98. The number of carbonyl (C=O) groups excluding carboxylic acids is 1. The van der Waals surface area contributed by atoms with Crippen LogP contribution in [0.1, 0.15) is 20.3 Å². The maximum atomic E-state index is 10.7. The highest BCUT2D eigenvalue weighted by atomic mass is 16.2. The van der Waals surface area contributed by atoms with E-state index >= 15 is 0 Å². The van der Waals surface area contributed by atoms with E-state index in [1.54, 1.807) is 6.92 Å². The molecule has 0 aromatic rings. The summed E-state index contributed by atoms with van der Waals surface area (Å²) < 4.78 is 0. The second-order valence-electron chi connectivity index (χ2n) is 2.08. The van der Waals surface area contributed by atoms with E-state index in [0.717, 1.165) is 13.0 Å². The Morgan fingerprint density at radius 1 is 1.78 bits per heavy atom. The SMILES string of the molecule is CCCNC(=O)[C@H](C)N. The third kappa shape index (κ3) is 3.97. The molecule has 0 aromatic heterocycles. The molecule has 9 heavy (non-hydrogen) atoms. The summed E-state index contributed by atoms with van der Waals surface area (Å²) in [6.45, 7) is 4.40. The molecule has 0 aliphatic rings. The van der Waals surface area contributed by atoms with E-state index < -0.39 is 0 Å². The summed E-state index contributed by atoms with van der Waals surface area (Å²) in [4.78, 5) is 10.7. The van der Waals surface area contributed by atoms with Gasteiger partial charge in [-0.1, -0.05) is 6.92 Å². The zero-order chi connectivity index (χ0) is 7.28. The summed E-state index contributed by atoms with van der Waals surface area (Å²) in [6, 6.07) is -0.378. The van der Waals surface area contributed by atoms with Crippen LogP contribution < -0.4 is 11.1 Å². The number of carbonyl (C=O) groups is 1. The molecule has 0 heterocycles. The van der Waals surface area contributed by atoms with Crippen molar-refractivity contribution in [3.05, 3.63) is 0 Å². The van der Waals surface area contributed by atoms with Gasteiger partial charge < -0.3 is 11.1 Å². The Kier molecular flexibility index (Phi) is 4.05. The average Bonchev–Trinajstić information content (AvgIpc) is 1.82. The summed E-state index contributed by atoms with van der Waals surface area (Å²) in [5.74, 6) is -0.0724. The average molecular weight is 130 g/mol. The smallest absolute Gasteiger partial charge is 0.236 e. The summed E-state index contributed by atoms with van der Waals surface area (Å²) in [5.41, 5.74) is 5.26. The molecule has 0 aromatic carbocycles. The van der Waals surface area contributed by atoms with Crippen LogP contribution in [-0.2, 0) is 4.79 Å². The van der Waals surface area contributed by atoms with Crippen molar-refractivity contribution in [3.8, 4) is 0 Å². The molecule has 3 N–H and O–H groups in total. The normalized spacial score (nSPS) is 12.8. The summed E-state index contributed by atoms with van der Waals surface area (Å²) in [5, 5.41) is 2.67. The molecule has 0 aliphatic heterocycles. The monoisotopic (exact) mass is 130 g/mol. The first-order chi connectivity index (χ1) is 4.18. The second-order valence-corrected chi connectivity index (χ2v) is 2.08. The van der Waals surface area contributed by atoms with Gasteiger partial charge in [-0.3, -0.25) is 4.79 Å². The number of nitrogens with two attached hydrogens (primary N) is 1. The van der Waals surface area contributed by atoms with Crippen molar-refractivity contribution in [2.45, 2.75) is 26.3 Å². The minimum absolute atomic E-state index is 0.0724. The Labute approximate surface area is 55.6 Å². The van der Waals surface area contributed by atoms with Crippen LogP contribution in [-0.4, -0.2) is 18.5 Å². The van der Waals surface area contributed by atoms with Gasteiger partial charge in [-0.25, -0.2) is 0 Å². The number of hydrogen-bond donors (Lipinski definition) is 2. The lowest BCUT2D eigenvalue weighted by molar-refractivity contribution is -0.121. The van der Waals surface area contributed by atoms with Crippen molar-refractivity contribution in [1.82, 2.24) is 5.32 Å². The summed E-state index contributed by atoms with van der Waals surface area (Å²) >= 11 is 0. The molecule has 0 saturated carbocycles. The van der Waals surface area contributed by atoms with Crippen molar-refractivity contribution in [2.75, 3.05) is 6.54 Å². The van der Waals surface area contributed by atoms with E-state index in [9.17, 15) is 4.79 Å². The van der Waals surface area contributed by atoms with E-state index in [1.807, 2.05) is 6.92 Å². The Bertz CT molecular complexity index is 91.1. The third-order valence-corrected chi connectivity index (χ3v) is 0.963. The fraction of sp³-hybridized carbons (Fsp3) is 0.833. The largest absolute Gasteiger partial charge is 0.355 e. The Hall–Kier alpha value is -0.570. The van der Waals surface area contributed by atoms with Crippen LogP contribution in [0.5, 0.6) is 0 Å². The molecule has 1 atom stereocenters. The molecule has 0 aliphatic carbocycles. The maximum absolute atomic E-state index is 10.7. The molecular formula is C6H14N2O. The third-order valence-electron chi connectivity index (χ3n) is 0.963. The van der Waals surface area contributed by atoms with Gasteiger partial charge in [0.15, 0.2) is 0 Å². The topological polar surface area (TPSA) is 55.1 Å².